The van der Waals surface area contributed by atoms with Crippen molar-refractivity contribution in [3.8, 4) is 5.75 Å². The molecule has 5 nitrogen and oxygen atoms in total. The van der Waals surface area contributed by atoms with Crippen LogP contribution < -0.4 is 0 Å². The van der Waals surface area contributed by atoms with E-state index in [4.69, 9.17) is 10.2 Å². The summed E-state index contributed by atoms with van der Waals surface area (Å²) in [7, 11) is 0. The molecule has 1 aromatic carbocycles. The Kier molecular flexibility index (Phi) is 5.17. The first-order valence-corrected chi connectivity index (χ1v) is 6.09. The summed E-state index contributed by atoms with van der Waals surface area (Å²) in [6.45, 7) is 2.47. The standard InChI is InChI=1S/C13H14F3NO4/c1-3-6(2)17(5-9(18)19)13(21)7-4-8(14)11(16)12(20)10(7)15/h4,6,20H,3,5H2,1-2H3,(H,18,19). The number of amides is 1. The molecule has 0 fully saturated rings. The van der Waals surface area contributed by atoms with Crippen molar-refractivity contribution in [3.63, 3.8) is 0 Å². The molecule has 1 aromatic rings. The molecule has 0 saturated heterocycles. The van der Waals surface area contributed by atoms with E-state index in [9.17, 15) is 22.8 Å². The normalized spacial score (nSPS) is 12.0. The van der Waals surface area contributed by atoms with Gasteiger partial charge in [0.1, 0.15) is 6.54 Å². The van der Waals surface area contributed by atoms with E-state index in [-0.39, 0.29) is 0 Å². The number of carboxylic acids is 1. The van der Waals surface area contributed by atoms with Gasteiger partial charge < -0.3 is 15.1 Å². The fourth-order valence-electron chi connectivity index (χ4n) is 1.69. The maximum absolute atomic E-state index is 13.7. The predicted molar refractivity (Wildman–Crippen MR) is 66.4 cm³/mol. The zero-order valence-electron chi connectivity index (χ0n) is 11.4. The minimum absolute atomic E-state index is 0.296. The van der Waals surface area contributed by atoms with Gasteiger partial charge >= 0.3 is 5.97 Å². The Hall–Kier alpha value is -2.25. The number of benzene rings is 1. The second-order valence-corrected chi connectivity index (χ2v) is 4.47. The van der Waals surface area contributed by atoms with E-state index in [1.165, 1.54) is 6.92 Å². The Balaban J connectivity index is 3.30. The molecule has 8 heteroatoms. The predicted octanol–water partition coefficient (Wildman–Crippen LogP) is 2.13. The molecular formula is C13H14F3NO4. The average Bonchev–Trinajstić information content (AvgIpc) is 2.44. The van der Waals surface area contributed by atoms with E-state index in [0.29, 0.717) is 12.5 Å². The number of phenolic OH excluding ortho intramolecular Hbond substituents is 1. The minimum Gasteiger partial charge on any atom is -0.503 e. The lowest BCUT2D eigenvalue weighted by Gasteiger charge is -2.27. The summed E-state index contributed by atoms with van der Waals surface area (Å²) >= 11 is 0. The van der Waals surface area contributed by atoms with Crippen LogP contribution in [-0.4, -0.2) is 39.6 Å². The Bertz CT molecular complexity index is 577. The van der Waals surface area contributed by atoms with Crippen LogP contribution in [0.5, 0.6) is 5.75 Å². The molecule has 1 unspecified atom stereocenters. The molecule has 0 radical (unpaired) electrons. The summed E-state index contributed by atoms with van der Waals surface area (Å²) in [5, 5.41) is 17.9. The highest BCUT2D eigenvalue weighted by molar-refractivity contribution is 5.96. The van der Waals surface area contributed by atoms with Crippen molar-refractivity contribution in [2.45, 2.75) is 26.3 Å². The number of rotatable bonds is 5. The Labute approximate surface area is 118 Å². The number of carbonyl (C=O) groups excluding carboxylic acids is 1. The van der Waals surface area contributed by atoms with Crippen molar-refractivity contribution >= 4 is 11.9 Å². The highest BCUT2D eigenvalue weighted by Gasteiger charge is 2.29. The topological polar surface area (TPSA) is 77.8 Å². The minimum atomic E-state index is -1.81. The molecule has 0 bridgehead atoms. The number of phenols is 1. The zero-order chi connectivity index (χ0) is 16.3. The lowest BCUT2D eigenvalue weighted by atomic mass is 10.1. The maximum atomic E-state index is 13.7. The van der Waals surface area contributed by atoms with Crippen molar-refractivity contribution < 1.29 is 33.0 Å². The first kappa shape index (κ1) is 16.8. The van der Waals surface area contributed by atoms with Gasteiger partial charge in [-0.15, -0.1) is 0 Å². The van der Waals surface area contributed by atoms with Crippen molar-refractivity contribution in [1.29, 1.82) is 0 Å². The van der Waals surface area contributed by atoms with Gasteiger partial charge in [-0.05, 0) is 19.4 Å². The molecule has 0 saturated carbocycles. The van der Waals surface area contributed by atoms with Gasteiger partial charge in [-0.3, -0.25) is 9.59 Å². The van der Waals surface area contributed by atoms with Gasteiger partial charge in [0.05, 0.1) is 5.56 Å². The van der Waals surface area contributed by atoms with E-state index < -0.39 is 53.2 Å². The molecule has 1 amide bonds. The first-order valence-electron chi connectivity index (χ1n) is 6.09. The van der Waals surface area contributed by atoms with Crippen molar-refractivity contribution in [3.05, 3.63) is 29.1 Å². The zero-order valence-corrected chi connectivity index (χ0v) is 11.4. The first-order chi connectivity index (χ1) is 9.70. The fraction of sp³-hybridized carbons (Fsp3) is 0.385. The molecule has 21 heavy (non-hydrogen) atoms. The summed E-state index contributed by atoms with van der Waals surface area (Å²) in [6, 6.07) is -0.271. The molecule has 1 rings (SSSR count). The highest BCUT2D eigenvalue weighted by atomic mass is 19.2. The molecule has 0 aromatic heterocycles. The summed E-state index contributed by atoms with van der Waals surface area (Å²) < 4.78 is 39.9. The van der Waals surface area contributed by atoms with Crippen LogP contribution in [0.4, 0.5) is 13.2 Å². The number of nitrogens with zero attached hydrogens (tertiary/aromatic N) is 1. The molecule has 0 spiro atoms. The molecule has 0 aliphatic heterocycles. The van der Waals surface area contributed by atoms with Crippen molar-refractivity contribution in [1.82, 2.24) is 4.90 Å². The molecule has 2 N–H and O–H groups in total. The van der Waals surface area contributed by atoms with E-state index in [2.05, 4.69) is 0 Å². The van der Waals surface area contributed by atoms with E-state index in [1.54, 1.807) is 6.92 Å². The van der Waals surface area contributed by atoms with Gasteiger partial charge in [0.25, 0.3) is 5.91 Å². The number of hydrogen-bond donors (Lipinski definition) is 2. The van der Waals surface area contributed by atoms with Gasteiger partial charge in [0.2, 0.25) is 5.82 Å². The van der Waals surface area contributed by atoms with E-state index in [1.807, 2.05) is 0 Å². The lowest BCUT2D eigenvalue weighted by molar-refractivity contribution is -0.138. The largest absolute Gasteiger partial charge is 0.503 e. The number of carbonyl (C=O) groups is 2. The third kappa shape index (κ3) is 3.45. The second kappa shape index (κ2) is 6.47. The number of aromatic hydroxyl groups is 1. The number of aliphatic carboxylic acids is 1. The fourth-order valence-corrected chi connectivity index (χ4v) is 1.69. The lowest BCUT2D eigenvalue weighted by Crippen LogP contribution is -2.42. The summed E-state index contributed by atoms with van der Waals surface area (Å²) in [6.07, 6.45) is 0.371. The van der Waals surface area contributed by atoms with Gasteiger partial charge in [0, 0.05) is 6.04 Å². The van der Waals surface area contributed by atoms with E-state index in [0.717, 1.165) is 4.90 Å². The maximum Gasteiger partial charge on any atom is 0.323 e. The van der Waals surface area contributed by atoms with Crippen LogP contribution >= 0.6 is 0 Å². The van der Waals surface area contributed by atoms with Crippen LogP contribution in [0.25, 0.3) is 0 Å². The van der Waals surface area contributed by atoms with Gasteiger partial charge in [-0.25, -0.2) is 8.78 Å². The number of halogens is 3. The Morgan fingerprint density at radius 2 is 1.86 bits per heavy atom. The van der Waals surface area contributed by atoms with Crippen LogP contribution in [0.2, 0.25) is 0 Å². The van der Waals surface area contributed by atoms with Crippen molar-refractivity contribution in [2.75, 3.05) is 6.54 Å². The summed E-state index contributed by atoms with van der Waals surface area (Å²) in [5.74, 6) is -9.13. The molecule has 1 atom stereocenters. The molecule has 0 heterocycles. The van der Waals surface area contributed by atoms with E-state index >= 15 is 0 Å². The Morgan fingerprint density at radius 1 is 1.29 bits per heavy atom. The number of carboxylic acid groups (broad SMARTS) is 1. The smallest absolute Gasteiger partial charge is 0.323 e. The van der Waals surface area contributed by atoms with Crippen LogP contribution in [-0.2, 0) is 4.79 Å². The highest BCUT2D eigenvalue weighted by Crippen LogP contribution is 2.27. The van der Waals surface area contributed by atoms with Crippen LogP contribution in [0.15, 0.2) is 6.07 Å². The third-order valence-electron chi connectivity index (χ3n) is 3.05. The van der Waals surface area contributed by atoms with Crippen molar-refractivity contribution in [2.24, 2.45) is 0 Å². The third-order valence-corrected chi connectivity index (χ3v) is 3.05. The molecule has 0 aliphatic rings. The Morgan fingerprint density at radius 3 is 2.33 bits per heavy atom. The quantitative estimate of drug-likeness (QED) is 0.817. The molecular weight excluding hydrogens is 291 g/mol. The summed E-state index contributed by atoms with van der Waals surface area (Å²) in [4.78, 5) is 23.7. The second-order valence-electron chi connectivity index (χ2n) is 4.47. The number of hydrogen-bond acceptors (Lipinski definition) is 3. The average molecular weight is 305 g/mol. The van der Waals surface area contributed by atoms with Crippen LogP contribution in [0.1, 0.15) is 30.6 Å². The monoisotopic (exact) mass is 305 g/mol. The van der Waals surface area contributed by atoms with Gasteiger partial charge in [-0.1, -0.05) is 6.92 Å². The molecule has 0 aliphatic carbocycles. The van der Waals surface area contributed by atoms with Gasteiger partial charge in [-0.2, -0.15) is 4.39 Å². The summed E-state index contributed by atoms with van der Waals surface area (Å²) in [5.41, 5.74) is -0.923. The molecule has 116 valence electrons. The van der Waals surface area contributed by atoms with Crippen LogP contribution in [0, 0.1) is 17.5 Å². The SMILES string of the molecule is CCC(C)N(CC(=O)O)C(=O)c1cc(F)c(F)c(O)c1F. The van der Waals surface area contributed by atoms with Gasteiger partial charge in [0.15, 0.2) is 17.4 Å². The van der Waals surface area contributed by atoms with Crippen LogP contribution in [0.3, 0.4) is 0 Å².